The van der Waals surface area contributed by atoms with Gasteiger partial charge in [0.15, 0.2) is 11.0 Å². The zero-order valence-corrected chi connectivity index (χ0v) is 22.0. The Morgan fingerprint density at radius 1 is 1.19 bits per heavy atom. The lowest BCUT2D eigenvalue weighted by atomic mass is 10.2. The van der Waals surface area contributed by atoms with E-state index in [1.165, 1.54) is 18.0 Å². The number of amides is 1. The predicted octanol–water partition coefficient (Wildman–Crippen LogP) is 4.74. The number of rotatable bonds is 10. The van der Waals surface area contributed by atoms with Crippen LogP contribution in [0, 0.1) is 0 Å². The molecule has 1 amide bonds. The van der Waals surface area contributed by atoms with E-state index in [1.54, 1.807) is 19.5 Å². The van der Waals surface area contributed by atoms with Gasteiger partial charge < -0.3 is 9.47 Å². The Morgan fingerprint density at radius 2 is 2.03 bits per heavy atom. The lowest BCUT2D eigenvalue weighted by Crippen LogP contribution is -2.20. The van der Waals surface area contributed by atoms with Crippen molar-refractivity contribution in [3.8, 4) is 28.6 Å². The maximum Gasteiger partial charge on any atom is 0.250 e. The Kier molecular flexibility index (Phi) is 8.69. The molecule has 2 aromatic heterocycles. The van der Waals surface area contributed by atoms with Gasteiger partial charge in [-0.3, -0.25) is 14.3 Å². The van der Waals surface area contributed by atoms with Crippen LogP contribution in [0.4, 0.5) is 0 Å². The number of carbonyl (C=O) groups is 1. The van der Waals surface area contributed by atoms with Crippen LogP contribution in [0.25, 0.3) is 17.1 Å². The van der Waals surface area contributed by atoms with Crippen LogP contribution >= 0.6 is 27.7 Å². The molecular weight excluding hydrogens is 544 g/mol. The Balaban J connectivity index is 1.50. The molecule has 0 aliphatic carbocycles. The van der Waals surface area contributed by atoms with E-state index in [0.29, 0.717) is 23.3 Å². The van der Waals surface area contributed by atoms with E-state index < -0.39 is 0 Å². The second kappa shape index (κ2) is 12.3. The molecule has 36 heavy (non-hydrogen) atoms. The first kappa shape index (κ1) is 25.4. The van der Waals surface area contributed by atoms with Crippen molar-refractivity contribution in [3.63, 3.8) is 0 Å². The minimum atomic E-state index is -0.283. The number of nitrogens with zero attached hydrogens (tertiary/aromatic N) is 5. The standard InChI is InChI=1S/C25H23BrN6O3S/c1-3-35-21-9-7-20(8-10-21)32-24(17-5-4-12-27-14-17)30-31-25(32)36-16-23(33)29-28-15-18-13-19(26)6-11-22(18)34-2/h4-15H,3,16H2,1-2H3,(H,29,33)/b28-15+. The molecule has 4 rings (SSSR count). The fraction of sp³-hybridized carbons (Fsp3) is 0.160. The summed E-state index contributed by atoms with van der Waals surface area (Å²) < 4.78 is 13.6. The number of halogens is 1. The third-order valence-electron chi connectivity index (χ3n) is 4.88. The Labute approximate surface area is 221 Å². The van der Waals surface area contributed by atoms with Gasteiger partial charge in [-0.05, 0) is 61.5 Å². The molecule has 11 heteroatoms. The number of nitrogens with one attached hydrogen (secondary N) is 1. The SMILES string of the molecule is CCOc1ccc(-n2c(SCC(=O)N/N=C/c3cc(Br)ccc3OC)nnc2-c2cccnc2)cc1. The van der Waals surface area contributed by atoms with Crippen molar-refractivity contribution in [1.82, 2.24) is 25.2 Å². The normalized spacial score (nSPS) is 11.0. The lowest BCUT2D eigenvalue weighted by Gasteiger charge is -2.11. The molecule has 9 nitrogen and oxygen atoms in total. The summed E-state index contributed by atoms with van der Waals surface area (Å²) in [6.45, 7) is 2.52. The highest BCUT2D eigenvalue weighted by Gasteiger charge is 2.17. The Morgan fingerprint density at radius 3 is 2.75 bits per heavy atom. The second-order valence-electron chi connectivity index (χ2n) is 7.28. The maximum atomic E-state index is 12.5. The van der Waals surface area contributed by atoms with Gasteiger partial charge in [0, 0.05) is 33.7 Å². The van der Waals surface area contributed by atoms with Crippen molar-refractivity contribution in [2.45, 2.75) is 12.1 Å². The van der Waals surface area contributed by atoms with Gasteiger partial charge in [-0.2, -0.15) is 5.10 Å². The van der Waals surface area contributed by atoms with Gasteiger partial charge >= 0.3 is 0 Å². The van der Waals surface area contributed by atoms with Gasteiger partial charge in [0.2, 0.25) is 0 Å². The van der Waals surface area contributed by atoms with Crippen molar-refractivity contribution < 1.29 is 14.3 Å². The third kappa shape index (κ3) is 6.29. The number of carbonyl (C=O) groups excluding carboxylic acids is 1. The largest absolute Gasteiger partial charge is 0.496 e. The van der Waals surface area contributed by atoms with Crippen molar-refractivity contribution in [2.75, 3.05) is 19.5 Å². The number of ether oxygens (including phenoxy) is 2. The quantitative estimate of drug-likeness (QED) is 0.168. The molecule has 0 aliphatic heterocycles. The fourth-order valence-corrected chi connectivity index (χ4v) is 4.40. The fourth-order valence-electron chi connectivity index (χ4n) is 3.28. The van der Waals surface area contributed by atoms with Crippen molar-refractivity contribution in [2.24, 2.45) is 5.10 Å². The minimum absolute atomic E-state index is 0.0924. The van der Waals surface area contributed by atoms with E-state index >= 15 is 0 Å². The van der Waals surface area contributed by atoms with Crippen LogP contribution < -0.4 is 14.9 Å². The van der Waals surface area contributed by atoms with Gasteiger partial charge in [-0.15, -0.1) is 10.2 Å². The van der Waals surface area contributed by atoms with E-state index in [2.05, 4.69) is 41.6 Å². The van der Waals surface area contributed by atoms with Gasteiger partial charge in [-0.1, -0.05) is 27.7 Å². The second-order valence-corrected chi connectivity index (χ2v) is 9.14. The van der Waals surface area contributed by atoms with E-state index in [4.69, 9.17) is 9.47 Å². The highest BCUT2D eigenvalue weighted by atomic mass is 79.9. The maximum absolute atomic E-state index is 12.5. The lowest BCUT2D eigenvalue weighted by molar-refractivity contribution is -0.118. The zero-order valence-electron chi connectivity index (χ0n) is 19.6. The van der Waals surface area contributed by atoms with Crippen LogP contribution in [0.5, 0.6) is 11.5 Å². The molecule has 2 heterocycles. The van der Waals surface area contributed by atoms with Crippen molar-refractivity contribution in [3.05, 3.63) is 77.0 Å². The third-order valence-corrected chi connectivity index (χ3v) is 6.30. The molecular formula is C25H23BrN6O3S. The summed E-state index contributed by atoms with van der Waals surface area (Å²) in [6.07, 6.45) is 4.96. The van der Waals surface area contributed by atoms with E-state index in [0.717, 1.165) is 27.0 Å². The highest BCUT2D eigenvalue weighted by Crippen LogP contribution is 2.28. The summed E-state index contributed by atoms with van der Waals surface area (Å²) in [7, 11) is 1.58. The van der Waals surface area contributed by atoms with Gasteiger partial charge in [0.1, 0.15) is 11.5 Å². The number of benzene rings is 2. The molecule has 0 saturated heterocycles. The van der Waals surface area contributed by atoms with Gasteiger partial charge in [-0.25, -0.2) is 5.43 Å². The first-order valence-electron chi connectivity index (χ1n) is 11.0. The van der Waals surface area contributed by atoms with Crippen LogP contribution in [-0.4, -0.2) is 51.3 Å². The first-order valence-corrected chi connectivity index (χ1v) is 12.7. The predicted molar refractivity (Wildman–Crippen MR) is 143 cm³/mol. The smallest absolute Gasteiger partial charge is 0.250 e. The number of hydrazone groups is 1. The topological polar surface area (TPSA) is 104 Å². The average molecular weight is 567 g/mol. The molecule has 0 saturated carbocycles. The molecule has 0 unspecified atom stereocenters. The van der Waals surface area contributed by atoms with Crippen molar-refractivity contribution in [1.29, 1.82) is 0 Å². The number of hydrogen-bond donors (Lipinski definition) is 1. The molecule has 184 valence electrons. The Hall–Kier alpha value is -3.70. The molecule has 4 aromatic rings. The zero-order chi connectivity index (χ0) is 25.3. The van der Waals surface area contributed by atoms with Gasteiger partial charge in [0.25, 0.3) is 5.91 Å². The van der Waals surface area contributed by atoms with Crippen LogP contribution in [0.2, 0.25) is 0 Å². The molecule has 0 fully saturated rings. The molecule has 0 spiro atoms. The van der Waals surface area contributed by atoms with Crippen LogP contribution in [-0.2, 0) is 4.79 Å². The van der Waals surface area contributed by atoms with Crippen LogP contribution in [0.15, 0.2) is 81.7 Å². The number of pyridine rings is 1. The Bertz CT molecular complexity index is 1350. The van der Waals surface area contributed by atoms with Crippen LogP contribution in [0.3, 0.4) is 0 Å². The first-order chi connectivity index (χ1) is 17.6. The number of thioether (sulfide) groups is 1. The number of methoxy groups -OCH3 is 1. The molecule has 0 aliphatic rings. The van der Waals surface area contributed by atoms with E-state index in [9.17, 15) is 4.79 Å². The van der Waals surface area contributed by atoms with E-state index in [1.807, 2.05) is 66.1 Å². The monoisotopic (exact) mass is 566 g/mol. The summed E-state index contributed by atoms with van der Waals surface area (Å²) in [6, 6.07) is 16.9. The summed E-state index contributed by atoms with van der Waals surface area (Å²) in [5.74, 6) is 1.85. The molecule has 0 bridgehead atoms. The minimum Gasteiger partial charge on any atom is -0.496 e. The highest BCUT2D eigenvalue weighted by molar-refractivity contribution is 9.10. The summed E-state index contributed by atoms with van der Waals surface area (Å²) in [5, 5.41) is 13.3. The molecule has 2 aromatic carbocycles. The number of aromatic nitrogens is 4. The summed E-state index contributed by atoms with van der Waals surface area (Å²) in [4.78, 5) is 16.7. The number of hydrogen-bond acceptors (Lipinski definition) is 8. The summed E-state index contributed by atoms with van der Waals surface area (Å²) >= 11 is 4.68. The molecule has 0 atom stereocenters. The molecule has 0 radical (unpaired) electrons. The van der Waals surface area contributed by atoms with Gasteiger partial charge in [0.05, 0.1) is 25.7 Å². The summed E-state index contributed by atoms with van der Waals surface area (Å²) in [5.41, 5.74) is 4.92. The van der Waals surface area contributed by atoms with E-state index in [-0.39, 0.29) is 11.7 Å². The van der Waals surface area contributed by atoms with Crippen molar-refractivity contribution >= 4 is 39.8 Å². The van der Waals surface area contributed by atoms with Crippen LogP contribution in [0.1, 0.15) is 12.5 Å². The average Bonchev–Trinajstić information content (AvgIpc) is 3.33. The molecule has 1 N–H and O–H groups in total.